The molecular formula is C7H6ClN3S. The first-order valence-electron chi connectivity index (χ1n) is 3.11. The van der Waals surface area contributed by atoms with Crippen LogP contribution in [0.3, 0.4) is 0 Å². The molecule has 0 saturated heterocycles. The Morgan fingerprint density at radius 3 is 2.92 bits per heavy atom. The predicted molar refractivity (Wildman–Crippen MR) is 48.8 cm³/mol. The standard InChI is InChI=1S/C7H6ClN3S/c1-12(11-5-9)6-2-3-7(8)10-4-6/h2-4H,1H3. The molecule has 1 rings (SSSR count). The third-order valence-corrected chi connectivity index (χ3v) is 2.72. The first-order valence-corrected chi connectivity index (χ1v) is 5.08. The summed E-state index contributed by atoms with van der Waals surface area (Å²) in [5.41, 5.74) is 0. The van der Waals surface area contributed by atoms with Crippen LogP contribution in [-0.2, 0) is 10.7 Å². The molecule has 0 fully saturated rings. The quantitative estimate of drug-likeness (QED) is 0.513. The van der Waals surface area contributed by atoms with Crippen molar-refractivity contribution in [3.8, 4) is 6.19 Å². The molecule has 1 unspecified atom stereocenters. The fourth-order valence-electron chi connectivity index (χ4n) is 0.651. The van der Waals surface area contributed by atoms with E-state index in [2.05, 4.69) is 9.35 Å². The van der Waals surface area contributed by atoms with Crippen LogP contribution in [0.2, 0.25) is 5.15 Å². The number of rotatable bonds is 1. The van der Waals surface area contributed by atoms with E-state index >= 15 is 0 Å². The summed E-state index contributed by atoms with van der Waals surface area (Å²) in [5.74, 6) is 0. The zero-order valence-corrected chi connectivity index (χ0v) is 7.93. The molecule has 0 saturated carbocycles. The van der Waals surface area contributed by atoms with Crippen LogP contribution in [0, 0.1) is 11.5 Å². The van der Waals surface area contributed by atoms with E-state index in [9.17, 15) is 0 Å². The van der Waals surface area contributed by atoms with Crippen LogP contribution in [-0.4, -0.2) is 11.2 Å². The zero-order chi connectivity index (χ0) is 8.97. The van der Waals surface area contributed by atoms with Crippen molar-refractivity contribution in [2.45, 2.75) is 4.90 Å². The maximum absolute atomic E-state index is 8.30. The maximum atomic E-state index is 8.30. The fraction of sp³-hybridized carbons (Fsp3) is 0.143. The minimum atomic E-state index is -0.399. The number of aromatic nitrogens is 1. The molecule has 3 nitrogen and oxygen atoms in total. The van der Waals surface area contributed by atoms with Gasteiger partial charge in [-0.1, -0.05) is 22.3 Å². The van der Waals surface area contributed by atoms with Crippen LogP contribution in [0.25, 0.3) is 0 Å². The molecule has 12 heavy (non-hydrogen) atoms. The lowest BCUT2D eigenvalue weighted by molar-refractivity contribution is 1.23. The zero-order valence-electron chi connectivity index (χ0n) is 6.36. The number of nitrogens with zero attached hydrogens (tertiary/aromatic N) is 3. The second kappa shape index (κ2) is 4.19. The second-order valence-corrected chi connectivity index (χ2v) is 3.98. The highest BCUT2D eigenvalue weighted by Crippen LogP contribution is 2.09. The van der Waals surface area contributed by atoms with Crippen LogP contribution in [0.4, 0.5) is 0 Å². The van der Waals surface area contributed by atoms with E-state index in [0.717, 1.165) is 4.90 Å². The van der Waals surface area contributed by atoms with Crippen LogP contribution in [0.1, 0.15) is 0 Å². The van der Waals surface area contributed by atoms with Gasteiger partial charge in [-0.2, -0.15) is 5.26 Å². The largest absolute Gasteiger partial charge is 0.243 e. The Morgan fingerprint density at radius 2 is 2.42 bits per heavy atom. The molecule has 0 spiro atoms. The summed E-state index contributed by atoms with van der Waals surface area (Å²) in [7, 11) is -0.399. The van der Waals surface area contributed by atoms with Crippen molar-refractivity contribution in [1.82, 2.24) is 4.98 Å². The normalized spacial score (nSPS) is 12.4. The van der Waals surface area contributed by atoms with E-state index in [1.165, 1.54) is 0 Å². The van der Waals surface area contributed by atoms with Crippen LogP contribution in [0.5, 0.6) is 0 Å². The average Bonchev–Trinajstić information content (AvgIpc) is 2.06. The molecule has 1 heterocycles. The van der Waals surface area contributed by atoms with E-state index in [1.807, 2.05) is 12.3 Å². The van der Waals surface area contributed by atoms with Gasteiger partial charge in [0, 0.05) is 11.1 Å². The Bertz CT molecular complexity index is 339. The monoisotopic (exact) mass is 199 g/mol. The average molecular weight is 200 g/mol. The first kappa shape index (κ1) is 9.17. The highest BCUT2D eigenvalue weighted by molar-refractivity contribution is 7.86. The van der Waals surface area contributed by atoms with Crippen molar-refractivity contribution in [1.29, 1.82) is 5.26 Å². The molecule has 0 N–H and O–H groups in total. The summed E-state index contributed by atoms with van der Waals surface area (Å²) < 4.78 is 3.67. The molecule has 62 valence electrons. The molecule has 5 heteroatoms. The minimum Gasteiger partial charge on any atom is -0.243 e. The second-order valence-electron chi connectivity index (χ2n) is 1.99. The van der Waals surface area contributed by atoms with Crippen molar-refractivity contribution in [2.75, 3.05) is 6.26 Å². The summed E-state index contributed by atoms with van der Waals surface area (Å²) in [5, 5.41) is 8.75. The van der Waals surface area contributed by atoms with E-state index in [4.69, 9.17) is 16.9 Å². The minimum absolute atomic E-state index is 0.399. The predicted octanol–water partition coefficient (Wildman–Crippen LogP) is 2.01. The summed E-state index contributed by atoms with van der Waals surface area (Å²) in [4.78, 5) is 4.80. The van der Waals surface area contributed by atoms with Gasteiger partial charge in [-0.25, -0.2) is 4.98 Å². The summed E-state index contributed by atoms with van der Waals surface area (Å²) in [6, 6.07) is 3.51. The van der Waals surface area contributed by atoms with Gasteiger partial charge in [0.1, 0.15) is 5.15 Å². The van der Waals surface area contributed by atoms with Crippen LogP contribution < -0.4 is 0 Å². The molecule has 0 aliphatic carbocycles. The number of hydrogen-bond donors (Lipinski definition) is 0. The lowest BCUT2D eigenvalue weighted by atomic mass is 10.5. The van der Waals surface area contributed by atoms with Gasteiger partial charge in [0.15, 0.2) is 0 Å². The van der Waals surface area contributed by atoms with E-state index < -0.39 is 10.7 Å². The van der Waals surface area contributed by atoms with Gasteiger partial charge < -0.3 is 0 Å². The van der Waals surface area contributed by atoms with Gasteiger partial charge in [-0.05, 0) is 18.4 Å². The summed E-state index contributed by atoms with van der Waals surface area (Å²) in [6.07, 6.45) is 5.24. The lowest BCUT2D eigenvalue weighted by Crippen LogP contribution is -1.87. The molecule has 0 aliphatic rings. The van der Waals surface area contributed by atoms with Gasteiger partial charge >= 0.3 is 0 Å². The fourth-order valence-corrected chi connectivity index (χ4v) is 1.46. The number of halogens is 1. The summed E-state index contributed by atoms with van der Waals surface area (Å²) in [6.45, 7) is 0. The van der Waals surface area contributed by atoms with Crippen molar-refractivity contribution in [3.05, 3.63) is 23.5 Å². The van der Waals surface area contributed by atoms with Crippen LogP contribution in [0.15, 0.2) is 27.6 Å². The molecule has 0 aromatic carbocycles. The van der Waals surface area contributed by atoms with Crippen LogP contribution >= 0.6 is 11.6 Å². The molecule has 0 aliphatic heterocycles. The third-order valence-electron chi connectivity index (χ3n) is 1.22. The van der Waals surface area contributed by atoms with E-state index in [1.54, 1.807) is 18.5 Å². The smallest absolute Gasteiger partial charge is 0.212 e. The highest BCUT2D eigenvalue weighted by atomic mass is 35.5. The Labute approximate surface area is 78.1 Å². The molecule has 1 atom stereocenters. The van der Waals surface area contributed by atoms with Gasteiger partial charge in [0.25, 0.3) is 0 Å². The first-order chi connectivity index (χ1) is 5.74. The Morgan fingerprint density at radius 1 is 1.67 bits per heavy atom. The van der Waals surface area contributed by atoms with Crippen molar-refractivity contribution in [2.24, 2.45) is 4.36 Å². The SMILES string of the molecule is CS(=NC#N)c1ccc(Cl)nc1. The molecule has 1 aromatic heterocycles. The van der Waals surface area contributed by atoms with Gasteiger partial charge in [-0.3, -0.25) is 0 Å². The van der Waals surface area contributed by atoms with Gasteiger partial charge in [-0.15, -0.1) is 4.36 Å². The van der Waals surface area contributed by atoms with Gasteiger partial charge in [0.05, 0.1) is 0 Å². The number of pyridine rings is 1. The number of nitriles is 1. The third kappa shape index (κ3) is 2.29. The van der Waals surface area contributed by atoms with E-state index in [0.29, 0.717) is 5.15 Å². The molecular weight excluding hydrogens is 194 g/mol. The van der Waals surface area contributed by atoms with Crippen molar-refractivity contribution in [3.63, 3.8) is 0 Å². The molecule has 0 amide bonds. The Kier molecular flexibility index (Phi) is 3.20. The molecule has 0 radical (unpaired) electrons. The van der Waals surface area contributed by atoms with Crippen molar-refractivity contribution < 1.29 is 0 Å². The maximum Gasteiger partial charge on any atom is 0.212 e. The Hall–Kier alpha value is -0.920. The molecule has 0 bridgehead atoms. The Balaban J connectivity index is 2.99. The topological polar surface area (TPSA) is 49.0 Å². The number of hydrogen-bond acceptors (Lipinski definition) is 3. The van der Waals surface area contributed by atoms with E-state index in [-0.39, 0.29) is 0 Å². The summed E-state index contributed by atoms with van der Waals surface area (Å²) >= 11 is 5.59. The van der Waals surface area contributed by atoms with Gasteiger partial charge in [0.2, 0.25) is 6.19 Å². The van der Waals surface area contributed by atoms with Crippen molar-refractivity contribution >= 4 is 22.3 Å². The molecule has 1 aromatic rings. The highest BCUT2D eigenvalue weighted by Gasteiger charge is 1.95. The lowest BCUT2D eigenvalue weighted by Gasteiger charge is -1.97.